The number of nitrogens with two attached hydrogens (primary N) is 4. The minimum absolute atomic E-state index is 0.00314. The van der Waals surface area contributed by atoms with Crippen molar-refractivity contribution in [2.45, 2.75) is 158 Å². The fraction of sp³-hybridized carbons (Fsp3) is 0.544. The van der Waals surface area contributed by atoms with E-state index in [9.17, 15) is 82.8 Å². The van der Waals surface area contributed by atoms with Crippen LogP contribution in [0.2, 0.25) is 0 Å². The molecule has 33 heteroatoms. The number of phenolic OH excluding ortho intramolecular Hbond substituents is 1. The zero-order chi connectivity index (χ0) is 67.2. The standard InChI is InChI=1S/C57H84N14O18S/c1-4-30(2)46(54(86)66-35(12-8-23-62-57(60)61)48(80)63-36(18-20-43(59)74)49(81)68-40(56(88)89)27-32-14-16-33(73)17-15-32)70-51(83)37(19-21-44(75)76)64-50(82)38(22-25-90-3)65-53(85)42-13-9-24-71(42)55(87)39(26-31-10-6-5-7-11-31)67-52(84)41(29-72)69-47(79)34(58)28-45(77)78/h5-7,10-11,14-17,30,34-42,46,72-73H,4,8-9,12-13,18-29,58H2,1-3H3,(H2,59,74)(H,63,80)(H,64,82)(H,65,85)(H,66,86)(H,67,84)(H,68,81)(H,69,79)(H,70,83)(H,75,76)(H,77,78)(H,88,89)(H4,60,61,62)/t30-,34-,35-,36-,37-,38-,39-,40-,41-,42-,46-/m0/s1. The number of hydrogen-bond acceptors (Lipinski definition) is 18. The molecule has 496 valence electrons. The lowest BCUT2D eigenvalue weighted by Crippen LogP contribution is -2.61. The lowest BCUT2D eigenvalue weighted by Gasteiger charge is -2.31. The Labute approximate surface area is 523 Å². The molecule has 90 heavy (non-hydrogen) atoms. The summed E-state index contributed by atoms with van der Waals surface area (Å²) in [6.45, 7) is 2.21. The number of guanidine groups is 1. The fourth-order valence-corrected chi connectivity index (χ4v) is 9.79. The normalized spacial score (nSPS) is 16.0. The molecule has 0 aromatic heterocycles. The molecule has 21 N–H and O–H groups in total. The summed E-state index contributed by atoms with van der Waals surface area (Å²) in [7, 11) is 0. The predicted octanol–water partition coefficient (Wildman–Crippen LogP) is -4.09. The number of nitrogens with one attached hydrogen (secondary N) is 8. The first-order chi connectivity index (χ1) is 42.6. The van der Waals surface area contributed by atoms with Crippen molar-refractivity contribution in [3.05, 3.63) is 65.7 Å². The third-order valence-electron chi connectivity index (χ3n) is 14.5. The van der Waals surface area contributed by atoms with Gasteiger partial charge < -0.3 is 95.9 Å². The molecule has 0 unspecified atom stereocenters. The van der Waals surface area contributed by atoms with Crippen LogP contribution in [-0.4, -0.2) is 205 Å². The van der Waals surface area contributed by atoms with Crippen molar-refractivity contribution >= 4 is 94.7 Å². The van der Waals surface area contributed by atoms with Crippen LogP contribution in [0.15, 0.2) is 59.6 Å². The zero-order valence-electron chi connectivity index (χ0n) is 50.2. The number of carboxylic acids is 3. The van der Waals surface area contributed by atoms with E-state index < -0.39 is 182 Å². The molecule has 1 aliphatic heterocycles. The average Bonchev–Trinajstić information content (AvgIpc) is 1.73. The zero-order valence-corrected chi connectivity index (χ0v) is 51.0. The number of aliphatic hydroxyl groups excluding tert-OH is 1. The number of likely N-dealkylation sites (tertiary alicyclic amines) is 1. The van der Waals surface area contributed by atoms with Gasteiger partial charge in [0.2, 0.25) is 59.1 Å². The van der Waals surface area contributed by atoms with Gasteiger partial charge in [-0.25, -0.2) is 4.79 Å². The molecule has 1 saturated heterocycles. The predicted molar refractivity (Wildman–Crippen MR) is 325 cm³/mol. The maximum Gasteiger partial charge on any atom is 0.326 e. The molecule has 10 amide bonds. The molecule has 0 spiro atoms. The van der Waals surface area contributed by atoms with E-state index in [0.29, 0.717) is 11.1 Å². The molecule has 3 rings (SSSR count). The average molecular weight is 1290 g/mol. The number of aliphatic carboxylic acids is 3. The number of aromatic hydroxyl groups is 1. The number of carboxylic acid groups (broad SMARTS) is 3. The minimum atomic E-state index is -1.68. The number of amides is 10. The van der Waals surface area contributed by atoms with Crippen LogP contribution in [0.1, 0.15) is 95.6 Å². The molecule has 1 aliphatic rings. The van der Waals surface area contributed by atoms with Crippen LogP contribution in [0.3, 0.4) is 0 Å². The smallest absolute Gasteiger partial charge is 0.326 e. The lowest BCUT2D eigenvalue weighted by molar-refractivity contribution is -0.143. The molecule has 0 aliphatic carbocycles. The second-order valence-electron chi connectivity index (χ2n) is 21.4. The summed E-state index contributed by atoms with van der Waals surface area (Å²) in [5, 5.41) is 68.4. The van der Waals surface area contributed by atoms with Crippen LogP contribution in [-0.2, 0) is 75.2 Å². The van der Waals surface area contributed by atoms with Crippen molar-refractivity contribution < 1.29 is 87.9 Å². The maximum absolute atomic E-state index is 14.5. The van der Waals surface area contributed by atoms with Crippen molar-refractivity contribution in [2.75, 3.05) is 31.7 Å². The number of rotatable bonds is 40. The SMILES string of the molecule is CC[C@H](C)[C@H](NC(=O)[C@H](CCC(=O)O)NC(=O)[C@H](CCSC)NC(=O)[C@@H]1CCCN1C(=O)[C@H](Cc1ccccc1)NC(=O)[C@H](CO)NC(=O)[C@@H](N)CC(=O)O)C(=O)N[C@@H](CCCN=C(N)N)C(=O)N[C@@H](CCC(N)=O)C(=O)N[C@@H](Cc1ccc(O)cc1)C(=O)O. The van der Waals surface area contributed by atoms with E-state index in [4.69, 9.17) is 28.0 Å². The van der Waals surface area contributed by atoms with Gasteiger partial charge in [-0.05, 0) is 86.1 Å². The van der Waals surface area contributed by atoms with Gasteiger partial charge in [0.1, 0.15) is 60.1 Å². The molecule has 2 aromatic carbocycles. The summed E-state index contributed by atoms with van der Waals surface area (Å²) in [5.41, 5.74) is 23.0. The highest BCUT2D eigenvalue weighted by molar-refractivity contribution is 7.98. The molecular formula is C57H84N14O18S. The number of hydrogen-bond donors (Lipinski definition) is 17. The van der Waals surface area contributed by atoms with Crippen LogP contribution in [0.5, 0.6) is 5.75 Å². The van der Waals surface area contributed by atoms with Gasteiger partial charge in [0.15, 0.2) is 5.96 Å². The Kier molecular flexibility index (Phi) is 32.0. The summed E-state index contributed by atoms with van der Waals surface area (Å²) in [4.78, 5) is 179. The summed E-state index contributed by atoms with van der Waals surface area (Å²) >= 11 is 1.29. The highest BCUT2D eigenvalue weighted by Gasteiger charge is 2.41. The van der Waals surface area contributed by atoms with Crippen molar-refractivity contribution in [1.82, 2.24) is 47.4 Å². The number of nitrogens with zero attached hydrogens (tertiary/aromatic N) is 2. The van der Waals surface area contributed by atoms with Crippen molar-refractivity contribution in [2.24, 2.45) is 33.8 Å². The van der Waals surface area contributed by atoms with Crippen molar-refractivity contribution in [3.63, 3.8) is 0 Å². The third kappa shape index (κ3) is 25.9. The quantitative estimate of drug-likeness (QED) is 0.0171. The number of carbonyl (C=O) groups excluding carboxylic acids is 10. The first-order valence-electron chi connectivity index (χ1n) is 29.0. The molecule has 11 atom stereocenters. The van der Waals surface area contributed by atoms with E-state index in [1.807, 2.05) is 0 Å². The van der Waals surface area contributed by atoms with Crippen LogP contribution >= 0.6 is 11.8 Å². The summed E-state index contributed by atoms with van der Waals surface area (Å²) in [6, 6.07) is -1.35. The Hall–Kier alpha value is -9.11. The summed E-state index contributed by atoms with van der Waals surface area (Å²) in [5.74, 6) is -14.7. The maximum atomic E-state index is 14.5. The highest BCUT2D eigenvalue weighted by atomic mass is 32.2. The van der Waals surface area contributed by atoms with Crippen molar-refractivity contribution in [3.8, 4) is 5.75 Å². The first-order valence-corrected chi connectivity index (χ1v) is 30.4. The Morgan fingerprint density at radius 3 is 1.68 bits per heavy atom. The number of thioether (sulfide) groups is 1. The monoisotopic (exact) mass is 1280 g/mol. The van der Waals surface area contributed by atoms with Crippen LogP contribution in [0.4, 0.5) is 0 Å². The second kappa shape index (κ2) is 38.3. The number of aliphatic hydroxyl groups is 1. The molecule has 0 saturated carbocycles. The highest BCUT2D eigenvalue weighted by Crippen LogP contribution is 2.21. The molecule has 0 radical (unpaired) electrons. The van der Waals surface area contributed by atoms with E-state index in [1.165, 1.54) is 40.9 Å². The van der Waals surface area contributed by atoms with Gasteiger partial charge in [0.05, 0.1) is 19.1 Å². The summed E-state index contributed by atoms with van der Waals surface area (Å²) in [6.07, 6.45) is -1.23. The van der Waals surface area contributed by atoms with Crippen LogP contribution < -0.4 is 65.5 Å². The molecule has 32 nitrogen and oxygen atoms in total. The topological polar surface area (TPSA) is 539 Å². The molecule has 1 heterocycles. The van der Waals surface area contributed by atoms with Gasteiger partial charge in [-0.1, -0.05) is 62.7 Å². The number of primary amides is 1. The Morgan fingerprint density at radius 1 is 0.622 bits per heavy atom. The van der Waals surface area contributed by atoms with Gasteiger partial charge >= 0.3 is 17.9 Å². The van der Waals surface area contributed by atoms with E-state index in [2.05, 4.69) is 47.5 Å². The van der Waals surface area contributed by atoms with E-state index in [0.717, 1.165) is 0 Å². The summed E-state index contributed by atoms with van der Waals surface area (Å²) < 4.78 is 0. The fourth-order valence-electron chi connectivity index (χ4n) is 9.32. The van der Waals surface area contributed by atoms with Gasteiger partial charge in [0.25, 0.3) is 0 Å². The largest absolute Gasteiger partial charge is 0.508 e. The number of carbonyl (C=O) groups is 13. The van der Waals surface area contributed by atoms with Gasteiger partial charge in [-0.3, -0.25) is 62.5 Å². The molecule has 1 fully saturated rings. The lowest BCUT2D eigenvalue weighted by atomic mass is 9.96. The minimum Gasteiger partial charge on any atom is -0.508 e. The van der Waals surface area contributed by atoms with E-state index in [1.54, 1.807) is 50.4 Å². The third-order valence-corrected chi connectivity index (χ3v) is 15.1. The van der Waals surface area contributed by atoms with Crippen molar-refractivity contribution in [1.29, 1.82) is 0 Å². The van der Waals surface area contributed by atoms with E-state index in [-0.39, 0.29) is 81.9 Å². The van der Waals surface area contributed by atoms with Gasteiger partial charge in [0, 0.05) is 38.8 Å². The number of phenols is 1. The van der Waals surface area contributed by atoms with Crippen LogP contribution in [0.25, 0.3) is 0 Å². The Morgan fingerprint density at radius 2 is 1.13 bits per heavy atom. The molecular weight excluding hydrogens is 1200 g/mol. The molecule has 2 aromatic rings. The first kappa shape index (κ1) is 75.1. The van der Waals surface area contributed by atoms with E-state index >= 15 is 0 Å². The Bertz CT molecular complexity index is 2850. The van der Waals surface area contributed by atoms with Gasteiger partial charge in [-0.15, -0.1) is 0 Å². The number of aliphatic imine (C=N–C) groups is 1. The molecule has 0 bridgehead atoms. The second-order valence-corrected chi connectivity index (χ2v) is 22.4. The number of benzene rings is 2. The van der Waals surface area contributed by atoms with Crippen LogP contribution in [0, 0.1) is 5.92 Å². The Balaban J connectivity index is 1.91. The van der Waals surface area contributed by atoms with Gasteiger partial charge in [-0.2, -0.15) is 11.8 Å².